The van der Waals surface area contributed by atoms with E-state index in [1.54, 1.807) is 6.33 Å². The van der Waals surface area contributed by atoms with Crippen molar-refractivity contribution in [2.24, 2.45) is 5.73 Å². The van der Waals surface area contributed by atoms with Crippen LogP contribution in [0.4, 0.5) is 5.82 Å². The molecule has 182 valence electrons. The van der Waals surface area contributed by atoms with Gasteiger partial charge in [0.25, 0.3) is 0 Å². The zero-order chi connectivity index (χ0) is 23.7. The standard InChI is InChI=1S/C26H35ClN6O/c1-18-2-7-23-24(18)25(30-17-29-23)32-12-14-33(15-13-32)26(34)22(19-3-5-20(27)6-4-19)16-31-10-8-21(28)9-11-31/h3-6,17-18,21-22H,2,7-16,28H2,1H3/t18-,22+/m1/s1. The monoisotopic (exact) mass is 482 g/mol. The number of nitrogens with zero attached hydrogens (tertiary/aromatic N) is 5. The van der Waals surface area contributed by atoms with Crippen LogP contribution in [0.5, 0.6) is 0 Å². The third kappa shape index (κ3) is 4.92. The molecule has 0 unspecified atom stereocenters. The quantitative estimate of drug-likeness (QED) is 0.705. The van der Waals surface area contributed by atoms with E-state index >= 15 is 0 Å². The molecule has 1 aromatic heterocycles. The fraction of sp³-hybridized carbons (Fsp3) is 0.577. The Hall–Kier alpha value is -2.22. The molecule has 8 heteroatoms. The van der Waals surface area contributed by atoms with Gasteiger partial charge >= 0.3 is 0 Å². The first-order valence-corrected chi connectivity index (χ1v) is 13.0. The lowest BCUT2D eigenvalue weighted by molar-refractivity contribution is -0.133. The number of benzene rings is 1. The molecule has 2 aliphatic heterocycles. The number of hydrogen-bond donors (Lipinski definition) is 1. The maximum absolute atomic E-state index is 13.8. The highest BCUT2D eigenvalue weighted by Gasteiger charge is 2.33. The Morgan fingerprint density at radius 3 is 2.47 bits per heavy atom. The van der Waals surface area contributed by atoms with Gasteiger partial charge in [0.15, 0.2) is 0 Å². The highest BCUT2D eigenvalue weighted by Crippen LogP contribution is 2.37. The Labute approximate surface area is 207 Å². The minimum atomic E-state index is -0.193. The normalized spacial score (nSPS) is 22.6. The highest BCUT2D eigenvalue weighted by atomic mass is 35.5. The molecular formula is C26H35ClN6O. The number of piperidine rings is 1. The number of halogens is 1. The summed E-state index contributed by atoms with van der Waals surface area (Å²) in [7, 11) is 0. The predicted octanol–water partition coefficient (Wildman–Crippen LogP) is 3.04. The van der Waals surface area contributed by atoms with Gasteiger partial charge in [0.2, 0.25) is 5.91 Å². The number of carbonyl (C=O) groups excluding carboxylic acids is 1. The van der Waals surface area contributed by atoms with E-state index in [-0.39, 0.29) is 17.9 Å². The summed E-state index contributed by atoms with van der Waals surface area (Å²) >= 11 is 6.14. The summed E-state index contributed by atoms with van der Waals surface area (Å²) in [5.74, 6) is 1.58. The number of anilines is 1. The third-order valence-electron chi connectivity index (χ3n) is 7.79. The summed E-state index contributed by atoms with van der Waals surface area (Å²) in [6, 6.07) is 8.06. The van der Waals surface area contributed by atoms with Crippen molar-refractivity contribution in [3.05, 3.63) is 52.4 Å². The van der Waals surface area contributed by atoms with Crippen molar-refractivity contribution < 1.29 is 4.79 Å². The molecule has 2 aromatic rings. The zero-order valence-corrected chi connectivity index (χ0v) is 20.8. The van der Waals surface area contributed by atoms with Crippen molar-refractivity contribution in [1.29, 1.82) is 0 Å². The van der Waals surface area contributed by atoms with Crippen molar-refractivity contribution in [2.45, 2.75) is 50.5 Å². The van der Waals surface area contributed by atoms with Crippen LogP contribution in [0.1, 0.15) is 54.8 Å². The molecule has 34 heavy (non-hydrogen) atoms. The summed E-state index contributed by atoms with van der Waals surface area (Å²) in [6.07, 6.45) is 5.85. The zero-order valence-electron chi connectivity index (χ0n) is 20.0. The van der Waals surface area contributed by atoms with E-state index in [9.17, 15) is 4.79 Å². The van der Waals surface area contributed by atoms with E-state index in [1.165, 1.54) is 11.3 Å². The van der Waals surface area contributed by atoms with Crippen LogP contribution in [-0.4, -0.2) is 77.5 Å². The van der Waals surface area contributed by atoms with Crippen LogP contribution in [0, 0.1) is 0 Å². The van der Waals surface area contributed by atoms with Crippen molar-refractivity contribution >= 4 is 23.3 Å². The second-order valence-electron chi connectivity index (χ2n) is 10.1. The lowest BCUT2D eigenvalue weighted by Gasteiger charge is -2.39. The van der Waals surface area contributed by atoms with Crippen molar-refractivity contribution in [1.82, 2.24) is 19.8 Å². The van der Waals surface area contributed by atoms with Gasteiger partial charge in [0.05, 0.1) is 5.92 Å². The molecular weight excluding hydrogens is 448 g/mol. The van der Waals surface area contributed by atoms with E-state index in [1.807, 2.05) is 29.2 Å². The molecule has 1 amide bonds. The smallest absolute Gasteiger partial charge is 0.231 e. The van der Waals surface area contributed by atoms with Crippen LogP contribution < -0.4 is 10.6 Å². The van der Waals surface area contributed by atoms with E-state index in [2.05, 4.69) is 26.7 Å². The second kappa shape index (κ2) is 10.2. The van der Waals surface area contributed by atoms with E-state index in [4.69, 9.17) is 17.3 Å². The first-order chi connectivity index (χ1) is 16.5. The van der Waals surface area contributed by atoms with Crippen LogP contribution in [0.25, 0.3) is 0 Å². The molecule has 3 aliphatic rings. The summed E-state index contributed by atoms with van der Waals surface area (Å²) in [5.41, 5.74) is 9.65. The molecule has 0 saturated carbocycles. The number of carbonyl (C=O) groups is 1. The number of rotatable bonds is 5. The average Bonchev–Trinajstić information content (AvgIpc) is 3.25. The van der Waals surface area contributed by atoms with E-state index in [0.717, 1.165) is 69.8 Å². The molecule has 1 aliphatic carbocycles. The first-order valence-electron chi connectivity index (χ1n) is 12.6. The van der Waals surface area contributed by atoms with Crippen molar-refractivity contribution in [2.75, 3.05) is 50.7 Å². The molecule has 7 nitrogen and oxygen atoms in total. The van der Waals surface area contributed by atoms with Crippen molar-refractivity contribution in [3.63, 3.8) is 0 Å². The van der Waals surface area contributed by atoms with Gasteiger partial charge in [-0.3, -0.25) is 4.79 Å². The fourth-order valence-electron chi connectivity index (χ4n) is 5.65. The Morgan fingerprint density at radius 1 is 1.06 bits per heavy atom. The summed E-state index contributed by atoms with van der Waals surface area (Å²) in [5, 5.41) is 0.694. The van der Waals surface area contributed by atoms with E-state index in [0.29, 0.717) is 24.0 Å². The summed E-state index contributed by atoms with van der Waals surface area (Å²) in [4.78, 5) is 29.7. The highest BCUT2D eigenvalue weighted by molar-refractivity contribution is 6.30. The van der Waals surface area contributed by atoms with E-state index < -0.39 is 0 Å². The molecule has 1 aromatic carbocycles. The third-order valence-corrected chi connectivity index (χ3v) is 8.04. The number of aryl methyl sites for hydroxylation is 1. The molecule has 2 saturated heterocycles. The molecule has 2 N–H and O–H groups in total. The fourth-order valence-corrected chi connectivity index (χ4v) is 5.77. The molecule has 5 rings (SSSR count). The molecule has 2 fully saturated rings. The second-order valence-corrected chi connectivity index (χ2v) is 10.5. The SMILES string of the molecule is C[C@@H]1CCc2ncnc(N3CCN(C(=O)[C@@H](CN4CCC(N)CC4)c4ccc(Cl)cc4)CC3)c21. The van der Waals surface area contributed by atoms with Crippen molar-refractivity contribution in [3.8, 4) is 0 Å². The van der Waals surface area contributed by atoms with Crippen LogP contribution in [0.2, 0.25) is 5.02 Å². The van der Waals surface area contributed by atoms with Crippen LogP contribution in [-0.2, 0) is 11.2 Å². The predicted molar refractivity (Wildman–Crippen MR) is 135 cm³/mol. The summed E-state index contributed by atoms with van der Waals surface area (Å²) in [6.45, 7) is 7.91. The van der Waals surface area contributed by atoms with Gasteiger partial charge in [-0.25, -0.2) is 9.97 Å². The molecule has 2 atom stereocenters. The van der Waals surface area contributed by atoms with Gasteiger partial charge in [0, 0.05) is 55.0 Å². The Kier molecular flexibility index (Phi) is 7.04. The first kappa shape index (κ1) is 23.5. The molecule has 3 heterocycles. The van der Waals surface area contributed by atoms with Gasteiger partial charge in [-0.1, -0.05) is 30.7 Å². The maximum Gasteiger partial charge on any atom is 0.231 e. The average molecular weight is 483 g/mol. The maximum atomic E-state index is 13.8. The number of nitrogens with two attached hydrogens (primary N) is 1. The number of likely N-dealkylation sites (tertiary alicyclic amines) is 1. The Balaban J connectivity index is 1.29. The lowest BCUT2D eigenvalue weighted by atomic mass is 9.95. The lowest BCUT2D eigenvalue weighted by Crippen LogP contribution is -2.52. The van der Waals surface area contributed by atoms with Crippen LogP contribution in [0.15, 0.2) is 30.6 Å². The number of piperazine rings is 1. The molecule has 0 spiro atoms. The minimum absolute atomic E-state index is 0.193. The minimum Gasteiger partial charge on any atom is -0.353 e. The van der Waals surface area contributed by atoms with Gasteiger partial charge in [-0.05, 0) is 62.4 Å². The van der Waals surface area contributed by atoms with Gasteiger partial charge in [0.1, 0.15) is 12.1 Å². The van der Waals surface area contributed by atoms with Gasteiger partial charge < -0.3 is 20.4 Å². The number of fused-ring (bicyclic) bond motifs is 1. The van der Waals surface area contributed by atoms with Crippen LogP contribution >= 0.6 is 11.6 Å². The molecule has 0 bridgehead atoms. The Morgan fingerprint density at radius 2 is 1.76 bits per heavy atom. The molecule has 0 radical (unpaired) electrons. The number of amides is 1. The van der Waals surface area contributed by atoms with Gasteiger partial charge in [-0.15, -0.1) is 0 Å². The number of aromatic nitrogens is 2. The largest absolute Gasteiger partial charge is 0.353 e. The van der Waals surface area contributed by atoms with Crippen LogP contribution in [0.3, 0.4) is 0 Å². The summed E-state index contributed by atoms with van der Waals surface area (Å²) < 4.78 is 0. The Bertz CT molecular complexity index is 999. The topological polar surface area (TPSA) is 78.6 Å². The number of hydrogen-bond acceptors (Lipinski definition) is 6. The van der Waals surface area contributed by atoms with Gasteiger partial charge in [-0.2, -0.15) is 0 Å².